The summed E-state index contributed by atoms with van der Waals surface area (Å²) in [6, 6.07) is 26.3. The predicted octanol–water partition coefficient (Wildman–Crippen LogP) is 8.14. The van der Waals surface area contributed by atoms with Gasteiger partial charge in [0, 0.05) is 12.8 Å². The van der Waals surface area contributed by atoms with Gasteiger partial charge >= 0.3 is 0 Å². The average Bonchev–Trinajstić information content (AvgIpc) is 2.89. The quantitative estimate of drug-likeness (QED) is 0.304. The van der Waals surface area contributed by atoms with E-state index in [1.54, 1.807) is 0 Å². The van der Waals surface area contributed by atoms with Crippen molar-refractivity contribution in [1.29, 1.82) is 0 Å². The smallest absolute Gasteiger partial charge is 0.0688 e. The van der Waals surface area contributed by atoms with Crippen LogP contribution in [0.4, 0.5) is 0 Å². The summed E-state index contributed by atoms with van der Waals surface area (Å²) in [5, 5.41) is 28.2. The summed E-state index contributed by atoms with van der Waals surface area (Å²) in [5.74, 6) is 0. The highest BCUT2D eigenvalue weighted by Gasteiger charge is 2.33. The fourth-order valence-corrected chi connectivity index (χ4v) is 7.00. The maximum absolute atomic E-state index is 11.6. The third-order valence-corrected chi connectivity index (χ3v) is 8.89. The van der Waals surface area contributed by atoms with Crippen LogP contribution in [0.25, 0.3) is 32.7 Å². The fourth-order valence-electron chi connectivity index (χ4n) is 7.00. The molecule has 4 aromatic rings. The second-order valence-corrected chi connectivity index (χ2v) is 11.6. The number of benzene rings is 4. The minimum atomic E-state index is -0.637. The van der Waals surface area contributed by atoms with E-state index in [1.807, 2.05) is 0 Å². The Morgan fingerprint density at radius 1 is 0.472 bits per heavy atom. The first-order valence-corrected chi connectivity index (χ1v) is 14.0. The minimum Gasteiger partial charge on any atom is -0.390 e. The molecule has 2 saturated carbocycles. The molecule has 2 aliphatic rings. The van der Waals surface area contributed by atoms with Crippen molar-refractivity contribution in [2.24, 2.45) is 0 Å². The maximum atomic E-state index is 11.6. The molecule has 186 valence electrons. The molecule has 6 rings (SSSR count). The van der Waals surface area contributed by atoms with Gasteiger partial charge in [-0.2, -0.15) is 0 Å². The van der Waals surface area contributed by atoms with Gasteiger partial charge < -0.3 is 10.2 Å². The Morgan fingerprint density at radius 3 is 1.28 bits per heavy atom. The summed E-state index contributed by atoms with van der Waals surface area (Å²) in [5.41, 5.74) is 3.68. The molecule has 0 radical (unpaired) electrons. The first-order valence-electron chi connectivity index (χ1n) is 14.0. The van der Waals surface area contributed by atoms with Crippen LogP contribution in [-0.4, -0.2) is 21.4 Å². The summed E-state index contributed by atoms with van der Waals surface area (Å²) in [4.78, 5) is 0. The van der Waals surface area contributed by atoms with Gasteiger partial charge in [0.2, 0.25) is 0 Å². The van der Waals surface area contributed by atoms with Crippen LogP contribution in [-0.2, 0) is 12.8 Å². The fraction of sp³-hybridized carbons (Fsp3) is 0.412. The standard InChI is InChI=1S/C34H38O2/c35-33(19-7-1-8-20-33)23-27-17-15-25-11-3-5-13-29(25)31(27)32-28(24-34(36)21-9-2-10-22-34)18-16-26-12-4-6-14-30(26)32/h3-6,11-18,35-36H,1-2,7-10,19-24H2. The predicted molar refractivity (Wildman–Crippen MR) is 150 cm³/mol. The topological polar surface area (TPSA) is 40.5 Å². The van der Waals surface area contributed by atoms with E-state index in [-0.39, 0.29) is 0 Å². The Morgan fingerprint density at radius 2 is 0.861 bits per heavy atom. The lowest BCUT2D eigenvalue weighted by Gasteiger charge is -2.34. The summed E-state index contributed by atoms with van der Waals surface area (Å²) >= 11 is 0. The molecule has 0 bridgehead atoms. The SMILES string of the molecule is OC1(Cc2ccc3ccccc3c2-c2c(CC3(O)CCCCC3)ccc3ccccc23)CCCCC1. The van der Waals surface area contributed by atoms with Crippen molar-refractivity contribution in [2.75, 3.05) is 0 Å². The van der Waals surface area contributed by atoms with E-state index in [9.17, 15) is 10.2 Å². The zero-order valence-corrected chi connectivity index (χ0v) is 21.3. The van der Waals surface area contributed by atoms with Crippen molar-refractivity contribution in [3.8, 4) is 11.1 Å². The van der Waals surface area contributed by atoms with Gasteiger partial charge in [-0.25, -0.2) is 0 Å². The van der Waals surface area contributed by atoms with Crippen LogP contribution in [0.2, 0.25) is 0 Å². The van der Waals surface area contributed by atoms with Crippen LogP contribution in [0, 0.1) is 0 Å². The Balaban J connectivity index is 1.59. The van der Waals surface area contributed by atoms with Crippen LogP contribution >= 0.6 is 0 Å². The van der Waals surface area contributed by atoms with Crippen LogP contribution < -0.4 is 0 Å². The van der Waals surface area contributed by atoms with E-state index in [0.29, 0.717) is 12.8 Å². The first-order chi connectivity index (χ1) is 17.5. The summed E-state index contributed by atoms with van der Waals surface area (Å²) < 4.78 is 0. The molecule has 2 aliphatic carbocycles. The molecule has 36 heavy (non-hydrogen) atoms. The molecule has 2 fully saturated rings. The molecule has 4 aromatic carbocycles. The zero-order chi connectivity index (χ0) is 24.6. The molecule has 0 atom stereocenters. The lowest BCUT2D eigenvalue weighted by atomic mass is 9.75. The summed E-state index contributed by atoms with van der Waals surface area (Å²) in [6.45, 7) is 0. The third kappa shape index (κ3) is 4.58. The van der Waals surface area contributed by atoms with E-state index in [0.717, 1.165) is 51.4 Å². The molecule has 0 heterocycles. The molecule has 0 aliphatic heterocycles. The van der Waals surface area contributed by atoms with Crippen LogP contribution in [0.5, 0.6) is 0 Å². The highest BCUT2D eigenvalue weighted by Crippen LogP contribution is 2.44. The maximum Gasteiger partial charge on any atom is 0.0688 e. The van der Waals surface area contributed by atoms with Crippen molar-refractivity contribution >= 4 is 21.5 Å². The highest BCUT2D eigenvalue weighted by atomic mass is 16.3. The Kier molecular flexibility index (Phi) is 6.35. The Labute approximate surface area is 215 Å². The van der Waals surface area contributed by atoms with Crippen molar-refractivity contribution in [3.63, 3.8) is 0 Å². The van der Waals surface area contributed by atoms with E-state index < -0.39 is 11.2 Å². The summed E-state index contributed by atoms with van der Waals surface area (Å²) in [6.07, 6.45) is 11.7. The molecule has 0 amide bonds. The third-order valence-electron chi connectivity index (χ3n) is 8.89. The zero-order valence-electron chi connectivity index (χ0n) is 21.3. The van der Waals surface area contributed by atoms with E-state index in [4.69, 9.17) is 0 Å². The van der Waals surface area contributed by atoms with Crippen molar-refractivity contribution in [1.82, 2.24) is 0 Å². The molecule has 2 heteroatoms. The average molecular weight is 479 g/mol. The Hall–Kier alpha value is -2.68. The van der Waals surface area contributed by atoms with Crippen molar-refractivity contribution in [2.45, 2.75) is 88.3 Å². The largest absolute Gasteiger partial charge is 0.390 e. The lowest BCUT2D eigenvalue weighted by Crippen LogP contribution is -2.34. The summed E-state index contributed by atoms with van der Waals surface area (Å²) in [7, 11) is 0. The van der Waals surface area contributed by atoms with Crippen LogP contribution in [0.1, 0.15) is 75.3 Å². The number of rotatable bonds is 5. The molecule has 0 saturated heterocycles. The number of hydrogen-bond donors (Lipinski definition) is 2. The van der Waals surface area contributed by atoms with Gasteiger partial charge in [0.05, 0.1) is 11.2 Å². The molecule has 0 aromatic heterocycles. The number of fused-ring (bicyclic) bond motifs is 2. The second kappa shape index (κ2) is 9.65. The van der Waals surface area contributed by atoms with Crippen LogP contribution in [0.15, 0.2) is 72.8 Å². The normalized spacial score (nSPS) is 19.5. The first kappa shape index (κ1) is 23.7. The second-order valence-electron chi connectivity index (χ2n) is 11.6. The monoisotopic (exact) mass is 478 g/mol. The van der Waals surface area contributed by atoms with Gasteiger partial charge in [0.15, 0.2) is 0 Å². The van der Waals surface area contributed by atoms with Crippen LogP contribution in [0.3, 0.4) is 0 Å². The number of aliphatic hydroxyl groups is 2. The van der Waals surface area contributed by atoms with E-state index >= 15 is 0 Å². The van der Waals surface area contributed by atoms with Crippen molar-refractivity contribution < 1.29 is 10.2 Å². The van der Waals surface area contributed by atoms with Gasteiger partial charge in [0.1, 0.15) is 0 Å². The molecule has 2 nitrogen and oxygen atoms in total. The molecular formula is C34H38O2. The molecule has 2 N–H and O–H groups in total. The molecule has 0 unspecified atom stereocenters. The van der Waals surface area contributed by atoms with Gasteiger partial charge in [-0.1, -0.05) is 111 Å². The van der Waals surface area contributed by atoms with Gasteiger partial charge in [0.25, 0.3) is 0 Å². The highest BCUT2D eigenvalue weighted by molar-refractivity contribution is 6.07. The van der Waals surface area contributed by atoms with Crippen molar-refractivity contribution in [3.05, 3.63) is 83.9 Å². The Bertz CT molecular complexity index is 1270. The molecule has 0 spiro atoms. The van der Waals surface area contributed by atoms with E-state index in [2.05, 4.69) is 72.8 Å². The van der Waals surface area contributed by atoms with E-state index in [1.165, 1.54) is 56.6 Å². The molecular weight excluding hydrogens is 440 g/mol. The van der Waals surface area contributed by atoms with Gasteiger partial charge in [-0.3, -0.25) is 0 Å². The minimum absolute atomic E-state index is 0.637. The van der Waals surface area contributed by atoms with Gasteiger partial charge in [-0.05, 0) is 69.5 Å². The number of hydrogen-bond acceptors (Lipinski definition) is 2. The van der Waals surface area contributed by atoms with Gasteiger partial charge in [-0.15, -0.1) is 0 Å². The lowest BCUT2D eigenvalue weighted by molar-refractivity contribution is 0.00384.